The van der Waals surface area contributed by atoms with Gasteiger partial charge in [-0.2, -0.15) is 0 Å². The molecule has 2 aromatic carbocycles. The quantitative estimate of drug-likeness (QED) is 0.713. The zero-order valence-electron chi connectivity index (χ0n) is 14.0. The summed E-state index contributed by atoms with van der Waals surface area (Å²) in [7, 11) is 0. The number of ether oxygens (including phenoxy) is 2. The fraction of sp³-hybridized carbons (Fsp3) is 0.400. The molecule has 2 heteroatoms. The van der Waals surface area contributed by atoms with Crippen LogP contribution in [-0.2, 0) is 0 Å². The summed E-state index contributed by atoms with van der Waals surface area (Å²) in [5.41, 5.74) is 2.47. The van der Waals surface area contributed by atoms with E-state index in [2.05, 4.69) is 52.0 Å². The average Bonchev–Trinajstić information content (AvgIpc) is 2.52. The molecule has 0 aliphatic carbocycles. The van der Waals surface area contributed by atoms with Crippen molar-refractivity contribution in [3.63, 3.8) is 0 Å². The molecule has 0 saturated heterocycles. The highest BCUT2D eigenvalue weighted by Crippen LogP contribution is 2.18. The summed E-state index contributed by atoms with van der Waals surface area (Å²) < 4.78 is 11.7. The monoisotopic (exact) mass is 298 g/mol. The summed E-state index contributed by atoms with van der Waals surface area (Å²) in [5.74, 6) is 2.75. The lowest BCUT2D eigenvalue weighted by atomic mass is 9.98. The van der Waals surface area contributed by atoms with Gasteiger partial charge in [0, 0.05) is 0 Å². The molecule has 0 radical (unpaired) electrons. The van der Waals surface area contributed by atoms with Crippen LogP contribution in [0.25, 0.3) is 0 Å². The third kappa shape index (κ3) is 5.10. The molecule has 0 saturated carbocycles. The van der Waals surface area contributed by atoms with Gasteiger partial charge in [-0.3, -0.25) is 0 Å². The molecule has 0 aromatic heterocycles. The molecule has 118 valence electrons. The van der Waals surface area contributed by atoms with Crippen LogP contribution in [0.1, 0.15) is 25.0 Å². The number of benzene rings is 2. The van der Waals surface area contributed by atoms with Crippen molar-refractivity contribution in [3.05, 3.63) is 59.7 Å². The van der Waals surface area contributed by atoms with E-state index in [4.69, 9.17) is 9.47 Å². The lowest BCUT2D eigenvalue weighted by Gasteiger charge is -2.21. The number of hydrogen-bond acceptors (Lipinski definition) is 2. The lowest BCUT2D eigenvalue weighted by Crippen LogP contribution is -2.22. The molecule has 22 heavy (non-hydrogen) atoms. The summed E-state index contributed by atoms with van der Waals surface area (Å²) >= 11 is 0. The molecule has 0 heterocycles. The molecule has 0 bridgehead atoms. The molecule has 2 aromatic rings. The van der Waals surface area contributed by atoms with Crippen molar-refractivity contribution in [1.29, 1.82) is 0 Å². The average molecular weight is 298 g/mol. The van der Waals surface area contributed by atoms with Gasteiger partial charge in [0.05, 0.1) is 13.2 Å². The smallest absolute Gasteiger partial charge is 0.119 e. The zero-order valence-corrected chi connectivity index (χ0v) is 14.0. The predicted molar refractivity (Wildman–Crippen MR) is 91.7 cm³/mol. The van der Waals surface area contributed by atoms with Crippen molar-refractivity contribution in [3.8, 4) is 11.5 Å². The Bertz CT molecular complexity index is 575. The maximum Gasteiger partial charge on any atom is 0.119 e. The minimum Gasteiger partial charge on any atom is -0.493 e. The van der Waals surface area contributed by atoms with Gasteiger partial charge < -0.3 is 9.47 Å². The van der Waals surface area contributed by atoms with Gasteiger partial charge in [0.25, 0.3) is 0 Å². The van der Waals surface area contributed by atoms with E-state index < -0.39 is 0 Å². The highest BCUT2D eigenvalue weighted by molar-refractivity contribution is 5.27. The first-order valence-corrected chi connectivity index (χ1v) is 7.93. The molecule has 0 fully saturated rings. The van der Waals surface area contributed by atoms with E-state index in [1.165, 1.54) is 11.1 Å². The Balaban J connectivity index is 1.76. The Kier molecular flexibility index (Phi) is 5.88. The Labute approximate surface area is 134 Å². The second kappa shape index (κ2) is 7.88. The SMILES string of the molecule is Cc1ccc(OCC(C)C(C)COc2cccc(C)c2)cc1. The van der Waals surface area contributed by atoms with Crippen molar-refractivity contribution in [2.45, 2.75) is 27.7 Å². The Hall–Kier alpha value is -1.96. The molecular formula is C20H26O2. The van der Waals surface area contributed by atoms with E-state index in [0.29, 0.717) is 25.0 Å². The van der Waals surface area contributed by atoms with Gasteiger partial charge in [0.2, 0.25) is 0 Å². The van der Waals surface area contributed by atoms with Crippen LogP contribution in [-0.4, -0.2) is 13.2 Å². The fourth-order valence-electron chi connectivity index (χ4n) is 2.12. The van der Waals surface area contributed by atoms with Crippen LogP contribution in [0.4, 0.5) is 0 Å². The Morgan fingerprint density at radius 2 is 1.32 bits per heavy atom. The van der Waals surface area contributed by atoms with Crippen LogP contribution < -0.4 is 9.47 Å². The first kappa shape index (κ1) is 16.4. The minimum atomic E-state index is 0.436. The van der Waals surface area contributed by atoms with Crippen molar-refractivity contribution < 1.29 is 9.47 Å². The molecule has 2 rings (SSSR count). The maximum absolute atomic E-state index is 5.88. The van der Waals surface area contributed by atoms with Crippen LogP contribution in [0, 0.1) is 25.7 Å². The first-order chi connectivity index (χ1) is 10.5. The van der Waals surface area contributed by atoms with Gasteiger partial charge in [-0.15, -0.1) is 0 Å². The van der Waals surface area contributed by atoms with Crippen LogP contribution in [0.5, 0.6) is 11.5 Å². The van der Waals surface area contributed by atoms with Crippen LogP contribution in [0.3, 0.4) is 0 Å². The molecule has 2 nitrogen and oxygen atoms in total. The largest absolute Gasteiger partial charge is 0.493 e. The fourth-order valence-corrected chi connectivity index (χ4v) is 2.12. The standard InChI is InChI=1S/C20H26O2/c1-15-8-10-19(11-9-15)21-13-17(3)18(4)14-22-20-7-5-6-16(2)12-20/h5-12,17-18H,13-14H2,1-4H3. The topological polar surface area (TPSA) is 18.5 Å². The molecule has 0 spiro atoms. The van der Waals surface area contributed by atoms with E-state index in [1.54, 1.807) is 0 Å². The molecule has 0 aliphatic heterocycles. The number of rotatable bonds is 7. The van der Waals surface area contributed by atoms with Crippen molar-refractivity contribution in [2.75, 3.05) is 13.2 Å². The third-order valence-electron chi connectivity index (χ3n) is 4.01. The van der Waals surface area contributed by atoms with Gasteiger partial charge in [0.1, 0.15) is 11.5 Å². The summed E-state index contributed by atoms with van der Waals surface area (Å²) in [6.45, 7) is 9.99. The normalized spacial score (nSPS) is 13.5. The van der Waals surface area contributed by atoms with Gasteiger partial charge in [-0.05, 0) is 55.5 Å². The molecule has 0 aliphatic rings. The molecule has 2 atom stereocenters. The third-order valence-corrected chi connectivity index (χ3v) is 4.01. The molecule has 2 unspecified atom stereocenters. The molecular weight excluding hydrogens is 272 g/mol. The second-order valence-corrected chi connectivity index (χ2v) is 6.21. The van der Waals surface area contributed by atoms with Crippen LogP contribution >= 0.6 is 0 Å². The van der Waals surface area contributed by atoms with E-state index in [-0.39, 0.29) is 0 Å². The number of aryl methyl sites for hydroxylation is 2. The summed E-state index contributed by atoms with van der Waals surface area (Å²) in [5, 5.41) is 0. The van der Waals surface area contributed by atoms with Crippen LogP contribution in [0.15, 0.2) is 48.5 Å². The van der Waals surface area contributed by atoms with Crippen molar-refractivity contribution >= 4 is 0 Å². The highest BCUT2D eigenvalue weighted by atomic mass is 16.5. The van der Waals surface area contributed by atoms with E-state index in [9.17, 15) is 0 Å². The lowest BCUT2D eigenvalue weighted by molar-refractivity contribution is 0.163. The summed E-state index contributed by atoms with van der Waals surface area (Å²) in [4.78, 5) is 0. The van der Waals surface area contributed by atoms with E-state index in [0.717, 1.165) is 11.5 Å². The highest BCUT2D eigenvalue weighted by Gasteiger charge is 2.14. The first-order valence-electron chi connectivity index (χ1n) is 7.93. The molecule has 0 amide bonds. The second-order valence-electron chi connectivity index (χ2n) is 6.21. The van der Waals surface area contributed by atoms with Crippen molar-refractivity contribution in [1.82, 2.24) is 0 Å². The Morgan fingerprint density at radius 1 is 0.727 bits per heavy atom. The van der Waals surface area contributed by atoms with E-state index in [1.807, 2.05) is 24.3 Å². The molecule has 0 N–H and O–H groups in total. The van der Waals surface area contributed by atoms with Gasteiger partial charge in [-0.25, -0.2) is 0 Å². The van der Waals surface area contributed by atoms with Gasteiger partial charge >= 0.3 is 0 Å². The maximum atomic E-state index is 5.88. The minimum absolute atomic E-state index is 0.436. The predicted octanol–water partition coefficient (Wildman–Crippen LogP) is 5.03. The van der Waals surface area contributed by atoms with Gasteiger partial charge in [0.15, 0.2) is 0 Å². The Morgan fingerprint density at radius 3 is 1.91 bits per heavy atom. The number of hydrogen-bond donors (Lipinski definition) is 0. The summed E-state index contributed by atoms with van der Waals surface area (Å²) in [6.07, 6.45) is 0. The zero-order chi connectivity index (χ0) is 15.9. The van der Waals surface area contributed by atoms with Crippen LogP contribution in [0.2, 0.25) is 0 Å². The van der Waals surface area contributed by atoms with E-state index >= 15 is 0 Å². The summed E-state index contributed by atoms with van der Waals surface area (Å²) in [6, 6.07) is 16.4. The van der Waals surface area contributed by atoms with Crippen molar-refractivity contribution in [2.24, 2.45) is 11.8 Å². The van der Waals surface area contributed by atoms with Gasteiger partial charge in [-0.1, -0.05) is 43.7 Å².